The summed E-state index contributed by atoms with van der Waals surface area (Å²) in [6.45, 7) is 1.56. The first-order valence-corrected chi connectivity index (χ1v) is 9.39. The quantitative estimate of drug-likeness (QED) is 0.770. The highest BCUT2D eigenvalue weighted by atomic mass is 79.9. The molecule has 4 nitrogen and oxygen atoms in total. The van der Waals surface area contributed by atoms with Gasteiger partial charge in [0.1, 0.15) is 0 Å². The van der Waals surface area contributed by atoms with Crippen molar-refractivity contribution in [1.82, 2.24) is 4.90 Å². The summed E-state index contributed by atoms with van der Waals surface area (Å²) in [6.07, 6.45) is 5.33. The van der Waals surface area contributed by atoms with E-state index in [4.69, 9.17) is 5.11 Å². The van der Waals surface area contributed by atoms with Crippen LogP contribution >= 0.6 is 27.3 Å². The van der Waals surface area contributed by atoms with E-state index in [1.807, 2.05) is 11.0 Å². The first-order valence-electron chi connectivity index (χ1n) is 7.78. The van der Waals surface area contributed by atoms with E-state index in [0.29, 0.717) is 18.8 Å². The lowest BCUT2D eigenvalue weighted by molar-refractivity contribution is -0.137. The summed E-state index contributed by atoms with van der Waals surface area (Å²) in [5.41, 5.74) is 0. The third-order valence-electron chi connectivity index (χ3n) is 4.08. The van der Waals surface area contributed by atoms with E-state index < -0.39 is 5.97 Å². The second-order valence-electron chi connectivity index (χ2n) is 5.84. The van der Waals surface area contributed by atoms with Crippen LogP contribution in [0.2, 0.25) is 0 Å². The number of likely N-dealkylation sites (tertiary alicyclic amines) is 1. The molecule has 1 saturated heterocycles. The van der Waals surface area contributed by atoms with E-state index in [1.54, 1.807) is 11.3 Å². The molecule has 1 atom stereocenters. The average Bonchev–Trinajstić information content (AvgIpc) is 2.91. The second-order valence-corrected chi connectivity index (χ2v) is 8.39. The Kier molecular flexibility index (Phi) is 6.89. The van der Waals surface area contributed by atoms with Crippen LogP contribution in [-0.2, 0) is 16.0 Å². The van der Waals surface area contributed by atoms with Crippen molar-refractivity contribution in [3.05, 3.63) is 20.8 Å². The molecule has 0 saturated carbocycles. The number of piperidine rings is 1. The van der Waals surface area contributed by atoms with Crippen molar-refractivity contribution in [2.75, 3.05) is 13.1 Å². The van der Waals surface area contributed by atoms with E-state index in [1.165, 1.54) is 4.88 Å². The minimum Gasteiger partial charge on any atom is -0.481 e. The topological polar surface area (TPSA) is 57.6 Å². The highest BCUT2D eigenvalue weighted by molar-refractivity contribution is 9.11. The number of carboxylic acids is 1. The molecule has 6 heteroatoms. The lowest BCUT2D eigenvalue weighted by Crippen LogP contribution is -2.40. The molecule has 122 valence electrons. The lowest BCUT2D eigenvalue weighted by Gasteiger charge is -2.32. The van der Waals surface area contributed by atoms with Gasteiger partial charge >= 0.3 is 5.97 Å². The van der Waals surface area contributed by atoms with Crippen molar-refractivity contribution in [3.8, 4) is 0 Å². The molecular weight excluding hydrogens is 366 g/mol. The van der Waals surface area contributed by atoms with Crippen LogP contribution in [0.3, 0.4) is 0 Å². The Morgan fingerprint density at radius 2 is 2.18 bits per heavy atom. The van der Waals surface area contributed by atoms with Gasteiger partial charge in [-0.3, -0.25) is 9.59 Å². The number of carboxylic acid groups (broad SMARTS) is 1. The van der Waals surface area contributed by atoms with Crippen LogP contribution in [-0.4, -0.2) is 35.0 Å². The van der Waals surface area contributed by atoms with Crippen LogP contribution in [0, 0.1) is 5.92 Å². The summed E-state index contributed by atoms with van der Waals surface area (Å²) in [5, 5.41) is 8.76. The molecule has 1 aromatic rings. The van der Waals surface area contributed by atoms with Gasteiger partial charge in [0.05, 0.1) is 3.79 Å². The molecule has 2 rings (SSSR count). The highest BCUT2D eigenvalue weighted by Gasteiger charge is 2.23. The molecule has 1 N–H and O–H groups in total. The fourth-order valence-electron chi connectivity index (χ4n) is 2.91. The molecule has 0 bridgehead atoms. The summed E-state index contributed by atoms with van der Waals surface area (Å²) in [7, 11) is 0. The van der Waals surface area contributed by atoms with Crippen LogP contribution in [0.15, 0.2) is 15.9 Å². The van der Waals surface area contributed by atoms with Crippen molar-refractivity contribution in [3.63, 3.8) is 0 Å². The van der Waals surface area contributed by atoms with Crippen molar-refractivity contribution in [2.45, 2.75) is 44.9 Å². The van der Waals surface area contributed by atoms with Gasteiger partial charge in [0.2, 0.25) is 5.91 Å². The van der Waals surface area contributed by atoms with E-state index >= 15 is 0 Å². The van der Waals surface area contributed by atoms with Gasteiger partial charge in [-0.15, -0.1) is 11.3 Å². The zero-order valence-electron chi connectivity index (χ0n) is 12.6. The molecule has 1 fully saturated rings. The van der Waals surface area contributed by atoms with Gasteiger partial charge in [0, 0.05) is 30.8 Å². The minimum atomic E-state index is -0.745. The van der Waals surface area contributed by atoms with Gasteiger partial charge < -0.3 is 10.0 Å². The number of hydrogen-bond donors (Lipinski definition) is 1. The summed E-state index contributed by atoms with van der Waals surface area (Å²) in [5.74, 6) is -0.178. The Labute approximate surface area is 143 Å². The molecule has 0 aliphatic carbocycles. The number of halogens is 1. The molecule has 1 aliphatic rings. The van der Waals surface area contributed by atoms with E-state index in [0.717, 1.165) is 42.6 Å². The minimum absolute atomic E-state index is 0.208. The Hall–Kier alpha value is -0.880. The third-order valence-corrected chi connectivity index (χ3v) is 5.76. The Morgan fingerprint density at radius 3 is 2.86 bits per heavy atom. The van der Waals surface area contributed by atoms with Gasteiger partial charge in [-0.25, -0.2) is 0 Å². The number of carbonyl (C=O) groups is 2. The third kappa shape index (κ3) is 5.72. The Bertz CT molecular complexity index is 517. The molecule has 2 heterocycles. The lowest BCUT2D eigenvalue weighted by atomic mass is 9.93. The van der Waals surface area contributed by atoms with Crippen LogP contribution in [0.5, 0.6) is 0 Å². The maximum Gasteiger partial charge on any atom is 0.303 e. The molecule has 1 aliphatic heterocycles. The van der Waals surface area contributed by atoms with Crippen molar-refractivity contribution < 1.29 is 14.7 Å². The number of aliphatic carboxylic acids is 1. The molecule has 0 spiro atoms. The molecular formula is C16H22BrNO3S. The standard InChI is InChI=1S/C16H22BrNO3S/c17-14-8-7-13(22-14)4-1-5-15(19)18-10-2-3-12(11-18)6-9-16(20)21/h7-8,12H,1-6,9-11H2,(H,20,21)/t12-/m0/s1. The maximum atomic E-state index is 12.3. The van der Waals surface area contributed by atoms with Crippen LogP contribution in [0.4, 0.5) is 0 Å². The Morgan fingerprint density at radius 1 is 1.36 bits per heavy atom. The summed E-state index contributed by atoms with van der Waals surface area (Å²) in [6, 6.07) is 4.14. The first-order chi connectivity index (χ1) is 10.5. The number of amides is 1. The van der Waals surface area contributed by atoms with E-state index in [-0.39, 0.29) is 12.3 Å². The van der Waals surface area contributed by atoms with Crippen molar-refractivity contribution >= 4 is 39.1 Å². The van der Waals surface area contributed by atoms with Crippen LogP contribution in [0.25, 0.3) is 0 Å². The number of carbonyl (C=O) groups excluding carboxylic acids is 1. The fourth-order valence-corrected chi connectivity index (χ4v) is 4.44. The monoisotopic (exact) mass is 387 g/mol. The smallest absolute Gasteiger partial charge is 0.303 e. The predicted molar refractivity (Wildman–Crippen MR) is 91.1 cm³/mol. The largest absolute Gasteiger partial charge is 0.481 e. The molecule has 22 heavy (non-hydrogen) atoms. The average molecular weight is 388 g/mol. The number of hydrogen-bond acceptors (Lipinski definition) is 3. The van der Waals surface area contributed by atoms with Crippen molar-refractivity contribution in [2.24, 2.45) is 5.92 Å². The SMILES string of the molecule is O=C(O)CC[C@@H]1CCCN(C(=O)CCCc2ccc(Br)s2)C1. The normalized spacial score (nSPS) is 18.4. The molecule has 1 amide bonds. The van der Waals surface area contributed by atoms with Crippen LogP contribution in [0.1, 0.15) is 43.4 Å². The first kappa shape index (κ1) is 17.5. The zero-order chi connectivity index (χ0) is 15.9. The number of nitrogens with zero attached hydrogens (tertiary/aromatic N) is 1. The van der Waals surface area contributed by atoms with Gasteiger partial charge in [-0.1, -0.05) is 0 Å². The fraction of sp³-hybridized carbons (Fsp3) is 0.625. The van der Waals surface area contributed by atoms with Gasteiger partial charge in [-0.05, 0) is 66.1 Å². The zero-order valence-corrected chi connectivity index (χ0v) is 15.0. The van der Waals surface area contributed by atoms with Gasteiger partial charge in [-0.2, -0.15) is 0 Å². The van der Waals surface area contributed by atoms with Crippen molar-refractivity contribution in [1.29, 1.82) is 0 Å². The van der Waals surface area contributed by atoms with E-state index in [9.17, 15) is 9.59 Å². The predicted octanol–water partition coefficient (Wildman–Crippen LogP) is 3.94. The highest BCUT2D eigenvalue weighted by Crippen LogP contribution is 2.24. The molecule has 0 unspecified atom stereocenters. The van der Waals surface area contributed by atoms with E-state index in [2.05, 4.69) is 22.0 Å². The summed E-state index contributed by atoms with van der Waals surface area (Å²) >= 11 is 5.17. The number of thiophene rings is 1. The Balaban J connectivity index is 1.70. The van der Waals surface area contributed by atoms with Gasteiger partial charge in [0.25, 0.3) is 0 Å². The number of rotatable bonds is 7. The van der Waals surface area contributed by atoms with Gasteiger partial charge in [0.15, 0.2) is 0 Å². The molecule has 0 aromatic carbocycles. The maximum absolute atomic E-state index is 12.3. The summed E-state index contributed by atoms with van der Waals surface area (Å²) < 4.78 is 1.13. The molecule has 1 aromatic heterocycles. The van der Waals surface area contributed by atoms with Crippen LogP contribution < -0.4 is 0 Å². The molecule has 0 radical (unpaired) electrons. The number of aryl methyl sites for hydroxylation is 1. The second kappa shape index (κ2) is 8.67. The summed E-state index contributed by atoms with van der Waals surface area (Å²) in [4.78, 5) is 26.2.